The minimum Gasteiger partial charge on any atom is -0.376 e. The Morgan fingerprint density at radius 1 is 1.26 bits per heavy atom. The Labute approximate surface area is 146 Å². The molecular weight excluding hydrogens is 386 g/mol. The summed E-state index contributed by atoms with van der Waals surface area (Å²) in [4.78, 5) is 24.6. The molecular formula is C15H13BrClN3O3. The van der Waals surface area contributed by atoms with Crippen molar-refractivity contribution in [1.82, 2.24) is 0 Å². The number of nitro groups is 1. The summed E-state index contributed by atoms with van der Waals surface area (Å²) in [5.41, 5.74) is 1.31. The molecule has 120 valence electrons. The lowest BCUT2D eigenvalue weighted by Crippen LogP contribution is -2.17. The maximum Gasteiger partial charge on any atom is 0.284 e. The van der Waals surface area contributed by atoms with Crippen LogP contribution in [0.3, 0.4) is 0 Å². The number of hydrogen-bond acceptors (Lipinski definition) is 4. The number of rotatable bonds is 4. The summed E-state index contributed by atoms with van der Waals surface area (Å²) >= 11 is 9.06. The van der Waals surface area contributed by atoms with Crippen molar-refractivity contribution in [3.05, 3.63) is 61.6 Å². The first-order valence-corrected chi connectivity index (χ1v) is 7.69. The molecule has 2 aromatic rings. The number of amides is 1. The third-order valence-electron chi connectivity index (χ3n) is 3.09. The first kappa shape index (κ1) is 17.2. The highest BCUT2D eigenvalue weighted by Gasteiger charge is 2.17. The molecule has 0 aliphatic carbocycles. The van der Waals surface area contributed by atoms with Crippen molar-refractivity contribution in [3.63, 3.8) is 0 Å². The topological polar surface area (TPSA) is 75.5 Å². The van der Waals surface area contributed by atoms with E-state index in [1.165, 1.54) is 18.2 Å². The van der Waals surface area contributed by atoms with Crippen LogP contribution in [0.5, 0.6) is 0 Å². The Morgan fingerprint density at radius 3 is 2.57 bits per heavy atom. The number of hydrogen-bond donors (Lipinski definition) is 1. The van der Waals surface area contributed by atoms with E-state index in [1.54, 1.807) is 18.2 Å². The number of nitrogens with zero attached hydrogens (tertiary/aromatic N) is 2. The highest BCUT2D eigenvalue weighted by Crippen LogP contribution is 2.29. The molecule has 0 aliphatic heterocycles. The summed E-state index contributed by atoms with van der Waals surface area (Å²) in [6.45, 7) is 0. The summed E-state index contributed by atoms with van der Waals surface area (Å²) in [5.74, 6) is -0.453. The van der Waals surface area contributed by atoms with Crippen molar-refractivity contribution in [1.29, 1.82) is 0 Å². The molecule has 8 heteroatoms. The Bertz CT molecular complexity index is 781. The van der Waals surface area contributed by atoms with E-state index in [9.17, 15) is 14.9 Å². The molecule has 1 N–H and O–H groups in total. The van der Waals surface area contributed by atoms with E-state index in [0.29, 0.717) is 15.2 Å². The summed E-state index contributed by atoms with van der Waals surface area (Å²) in [7, 11) is 3.67. The lowest BCUT2D eigenvalue weighted by molar-refractivity contribution is -0.385. The molecule has 0 heterocycles. The number of nitro benzene ring substituents is 1. The van der Waals surface area contributed by atoms with Crippen LogP contribution in [-0.4, -0.2) is 24.9 Å². The van der Waals surface area contributed by atoms with Gasteiger partial charge in [-0.2, -0.15) is 0 Å². The normalized spacial score (nSPS) is 10.3. The van der Waals surface area contributed by atoms with E-state index in [4.69, 9.17) is 11.6 Å². The third-order valence-corrected chi connectivity index (χ3v) is 4.00. The predicted molar refractivity (Wildman–Crippen MR) is 94.5 cm³/mol. The molecule has 0 atom stereocenters. The first-order chi connectivity index (χ1) is 10.8. The van der Waals surface area contributed by atoms with Crippen molar-refractivity contribution >= 4 is 50.5 Å². The van der Waals surface area contributed by atoms with Crippen LogP contribution >= 0.6 is 27.5 Å². The van der Waals surface area contributed by atoms with Gasteiger partial charge in [-0.3, -0.25) is 14.9 Å². The number of anilines is 2. The Hall–Kier alpha value is -2.12. The van der Waals surface area contributed by atoms with Crippen LogP contribution in [0, 0.1) is 10.1 Å². The van der Waals surface area contributed by atoms with Gasteiger partial charge in [-0.25, -0.2) is 0 Å². The van der Waals surface area contributed by atoms with Crippen LogP contribution in [0.2, 0.25) is 5.02 Å². The zero-order valence-electron chi connectivity index (χ0n) is 12.3. The van der Waals surface area contributed by atoms with Crippen LogP contribution in [-0.2, 0) is 0 Å². The fourth-order valence-electron chi connectivity index (χ4n) is 1.99. The molecule has 1 amide bonds. The van der Waals surface area contributed by atoms with Crippen molar-refractivity contribution in [3.8, 4) is 0 Å². The number of halogens is 2. The third kappa shape index (κ3) is 4.00. The summed E-state index contributed by atoms with van der Waals surface area (Å²) in [6.07, 6.45) is 0. The van der Waals surface area contributed by atoms with Gasteiger partial charge in [0.1, 0.15) is 0 Å². The van der Waals surface area contributed by atoms with Gasteiger partial charge in [-0.1, -0.05) is 11.6 Å². The molecule has 0 saturated carbocycles. The lowest BCUT2D eigenvalue weighted by Gasteiger charge is -2.18. The molecule has 0 aliphatic rings. The van der Waals surface area contributed by atoms with E-state index in [0.717, 1.165) is 5.69 Å². The molecule has 0 fully saturated rings. The highest BCUT2D eigenvalue weighted by atomic mass is 79.9. The summed E-state index contributed by atoms with van der Waals surface area (Å²) < 4.78 is 0.316. The van der Waals surface area contributed by atoms with Gasteiger partial charge in [-0.05, 0) is 46.3 Å². The second-order valence-corrected chi connectivity index (χ2v) is 6.22. The Kier molecular flexibility index (Phi) is 5.23. The fraction of sp³-hybridized carbons (Fsp3) is 0.133. The maximum atomic E-state index is 12.4. The Morgan fingerprint density at radius 2 is 1.96 bits per heavy atom. The van der Waals surface area contributed by atoms with Crippen LogP contribution < -0.4 is 10.2 Å². The van der Waals surface area contributed by atoms with Gasteiger partial charge >= 0.3 is 0 Å². The SMILES string of the molecule is CN(C)c1ccc(Cl)cc1NC(=O)c1ccc(Br)c([N+](=O)[O-])c1. The molecule has 0 spiro atoms. The van der Waals surface area contributed by atoms with Crippen LogP contribution in [0.1, 0.15) is 10.4 Å². The molecule has 0 bridgehead atoms. The van der Waals surface area contributed by atoms with Crippen LogP contribution in [0.25, 0.3) is 0 Å². The van der Waals surface area contributed by atoms with Gasteiger partial charge in [0.15, 0.2) is 0 Å². The zero-order valence-corrected chi connectivity index (χ0v) is 14.7. The highest BCUT2D eigenvalue weighted by molar-refractivity contribution is 9.10. The molecule has 23 heavy (non-hydrogen) atoms. The molecule has 0 unspecified atom stereocenters. The number of nitrogens with one attached hydrogen (secondary N) is 1. The van der Waals surface area contributed by atoms with Gasteiger partial charge in [-0.15, -0.1) is 0 Å². The average molecular weight is 399 g/mol. The minimum absolute atomic E-state index is 0.170. The Balaban J connectivity index is 2.35. The van der Waals surface area contributed by atoms with Crippen LogP contribution in [0.4, 0.5) is 17.1 Å². The van der Waals surface area contributed by atoms with E-state index in [1.807, 2.05) is 19.0 Å². The first-order valence-electron chi connectivity index (χ1n) is 6.51. The van der Waals surface area contributed by atoms with Gasteiger partial charge < -0.3 is 10.2 Å². The maximum absolute atomic E-state index is 12.4. The molecule has 2 aromatic carbocycles. The summed E-state index contributed by atoms with van der Waals surface area (Å²) in [6, 6.07) is 9.32. The predicted octanol–water partition coefficient (Wildman–Crippen LogP) is 4.33. The second-order valence-electron chi connectivity index (χ2n) is 4.93. The lowest BCUT2D eigenvalue weighted by atomic mass is 10.1. The molecule has 0 radical (unpaired) electrons. The monoisotopic (exact) mass is 397 g/mol. The van der Waals surface area contributed by atoms with Crippen molar-refractivity contribution in [2.24, 2.45) is 0 Å². The smallest absolute Gasteiger partial charge is 0.284 e. The molecule has 0 saturated heterocycles. The van der Waals surface area contributed by atoms with E-state index in [-0.39, 0.29) is 11.3 Å². The van der Waals surface area contributed by atoms with Crippen molar-refractivity contribution in [2.75, 3.05) is 24.3 Å². The van der Waals surface area contributed by atoms with E-state index < -0.39 is 10.8 Å². The number of carbonyl (C=O) groups excluding carboxylic acids is 1. The van der Waals surface area contributed by atoms with Gasteiger partial charge in [0.05, 0.1) is 20.8 Å². The van der Waals surface area contributed by atoms with Gasteiger partial charge in [0.2, 0.25) is 0 Å². The zero-order chi connectivity index (χ0) is 17.1. The fourth-order valence-corrected chi connectivity index (χ4v) is 2.55. The standard InChI is InChI=1S/C15H13BrClN3O3/c1-19(2)13-6-4-10(17)8-12(13)18-15(21)9-3-5-11(16)14(7-9)20(22)23/h3-8H,1-2H3,(H,18,21). The van der Waals surface area contributed by atoms with Crippen molar-refractivity contribution < 1.29 is 9.72 Å². The largest absolute Gasteiger partial charge is 0.376 e. The molecule has 0 aromatic heterocycles. The van der Waals surface area contributed by atoms with Crippen molar-refractivity contribution in [2.45, 2.75) is 0 Å². The van der Waals surface area contributed by atoms with E-state index >= 15 is 0 Å². The van der Waals surface area contributed by atoms with Gasteiger partial charge in [0, 0.05) is 30.7 Å². The van der Waals surface area contributed by atoms with Crippen LogP contribution in [0.15, 0.2) is 40.9 Å². The van der Waals surface area contributed by atoms with Gasteiger partial charge in [0.25, 0.3) is 11.6 Å². The minimum atomic E-state index is -0.550. The molecule has 2 rings (SSSR count). The number of benzene rings is 2. The summed E-state index contributed by atoms with van der Waals surface area (Å²) in [5, 5.41) is 14.2. The average Bonchev–Trinajstić information content (AvgIpc) is 2.46. The second kappa shape index (κ2) is 6.97. The quantitative estimate of drug-likeness (QED) is 0.614. The number of carbonyl (C=O) groups is 1. The van der Waals surface area contributed by atoms with E-state index in [2.05, 4.69) is 21.2 Å². The molecule has 6 nitrogen and oxygen atoms in total.